The molecule has 2 N–H and O–H groups in total. The molecule has 1 fully saturated rings. The van der Waals surface area contributed by atoms with Crippen molar-refractivity contribution in [3.05, 3.63) is 83.6 Å². The molecule has 8 nitrogen and oxygen atoms in total. The Morgan fingerprint density at radius 2 is 1.77 bits per heavy atom. The van der Waals surface area contributed by atoms with Crippen LogP contribution in [0.3, 0.4) is 0 Å². The number of rotatable bonds is 6. The van der Waals surface area contributed by atoms with E-state index in [0.717, 1.165) is 35.1 Å². The molecule has 0 bridgehead atoms. The molecular formula is C27H21N5O3. The van der Waals surface area contributed by atoms with Crippen LogP contribution in [0, 0.1) is 6.92 Å². The van der Waals surface area contributed by atoms with E-state index in [1.54, 1.807) is 0 Å². The fourth-order valence-corrected chi connectivity index (χ4v) is 4.46. The summed E-state index contributed by atoms with van der Waals surface area (Å²) in [6.45, 7) is 1.90. The summed E-state index contributed by atoms with van der Waals surface area (Å²) in [4.78, 5) is 17.3. The molecule has 1 aliphatic rings. The average Bonchev–Trinajstić information content (AvgIpc) is 3.57. The molecule has 8 heteroatoms. The second kappa shape index (κ2) is 8.32. The van der Waals surface area contributed by atoms with Crippen molar-refractivity contribution in [2.75, 3.05) is 0 Å². The molecule has 0 atom stereocenters. The number of benzene rings is 3. The van der Waals surface area contributed by atoms with E-state index in [9.17, 15) is 9.90 Å². The molecule has 0 radical (unpaired) electrons. The Labute approximate surface area is 200 Å². The largest absolute Gasteiger partial charge is 0.478 e. The maximum atomic E-state index is 12.4. The van der Waals surface area contributed by atoms with Crippen LogP contribution in [0.2, 0.25) is 0 Å². The van der Waals surface area contributed by atoms with Gasteiger partial charge in [0.25, 0.3) is 0 Å². The van der Waals surface area contributed by atoms with E-state index in [2.05, 4.69) is 20.6 Å². The molecule has 0 amide bonds. The van der Waals surface area contributed by atoms with Crippen LogP contribution in [-0.2, 0) is 0 Å². The van der Waals surface area contributed by atoms with Crippen molar-refractivity contribution < 1.29 is 14.6 Å². The van der Waals surface area contributed by atoms with Crippen LogP contribution in [0.4, 0.5) is 0 Å². The summed E-state index contributed by atoms with van der Waals surface area (Å²) in [5.41, 5.74) is 5.18. The van der Waals surface area contributed by atoms with Gasteiger partial charge in [-0.1, -0.05) is 48.5 Å². The van der Waals surface area contributed by atoms with Crippen LogP contribution in [-0.4, -0.2) is 36.7 Å². The lowest BCUT2D eigenvalue weighted by Gasteiger charge is -2.17. The third-order valence-corrected chi connectivity index (χ3v) is 6.28. The van der Waals surface area contributed by atoms with E-state index < -0.39 is 5.97 Å². The Kier molecular flexibility index (Phi) is 4.99. The van der Waals surface area contributed by atoms with Crippen LogP contribution in [0.25, 0.3) is 33.4 Å². The summed E-state index contributed by atoms with van der Waals surface area (Å²) >= 11 is 0. The van der Waals surface area contributed by atoms with Crippen LogP contribution in [0.15, 0.2) is 66.7 Å². The monoisotopic (exact) mass is 463 g/mol. The molecule has 2 heterocycles. The van der Waals surface area contributed by atoms with Gasteiger partial charge in [-0.3, -0.25) is 0 Å². The van der Waals surface area contributed by atoms with E-state index in [1.807, 2.05) is 73.7 Å². The first-order chi connectivity index (χ1) is 17.1. The number of carbonyl (C=O) groups is 1. The van der Waals surface area contributed by atoms with Crippen molar-refractivity contribution in [2.45, 2.75) is 25.7 Å². The van der Waals surface area contributed by atoms with Gasteiger partial charge in [0.15, 0.2) is 5.75 Å². The number of hydrogen-bond acceptors (Lipinski definition) is 6. The van der Waals surface area contributed by atoms with E-state index in [0.29, 0.717) is 33.9 Å². The second-order valence-corrected chi connectivity index (χ2v) is 8.66. The van der Waals surface area contributed by atoms with Crippen LogP contribution < -0.4 is 4.74 Å². The summed E-state index contributed by atoms with van der Waals surface area (Å²) in [6.07, 6.45) is 1.96. The van der Waals surface area contributed by atoms with Gasteiger partial charge in [0, 0.05) is 16.9 Å². The summed E-state index contributed by atoms with van der Waals surface area (Å²) in [5, 5.41) is 25.1. The van der Waals surface area contributed by atoms with Crippen molar-refractivity contribution in [3.8, 4) is 34.0 Å². The first-order valence-electron chi connectivity index (χ1n) is 11.4. The maximum absolute atomic E-state index is 12.4. The van der Waals surface area contributed by atoms with Crippen LogP contribution in [0.1, 0.15) is 40.4 Å². The first-order valence-corrected chi connectivity index (χ1v) is 11.4. The summed E-state index contributed by atoms with van der Waals surface area (Å²) in [5.74, 6) is 0.591. The molecule has 1 saturated carbocycles. The number of aromatic amines is 1. The zero-order valence-electron chi connectivity index (χ0n) is 18.9. The molecule has 35 heavy (non-hydrogen) atoms. The molecule has 2 aromatic heterocycles. The van der Waals surface area contributed by atoms with Crippen molar-refractivity contribution in [1.82, 2.24) is 25.6 Å². The minimum Gasteiger partial charge on any atom is -0.478 e. The average molecular weight is 463 g/mol. The van der Waals surface area contributed by atoms with Crippen molar-refractivity contribution in [3.63, 3.8) is 0 Å². The zero-order chi connectivity index (χ0) is 23.9. The maximum Gasteiger partial charge on any atom is 0.340 e. The Morgan fingerprint density at radius 3 is 2.46 bits per heavy atom. The van der Waals surface area contributed by atoms with Gasteiger partial charge in [0.1, 0.15) is 11.3 Å². The highest BCUT2D eigenvalue weighted by atomic mass is 16.5. The Hall–Kier alpha value is -4.59. The predicted octanol–water partition coefficient (Wildman–Crippen LogP) is 5.76. The quantitative estimate of drug-likeness (QED) is 0.329. The molecule has 1 aliphatic carbocycles. The zero-order valence-corrected chi connectivity index (χ0v) is 18.9. The second-order valence-electron chi connectivity index (χ2n) is 8.66. The molecule has 0 aliphatic heterocycles. The summed E-state index contributed by atoms with van der Waals surface area (Å²) in [7, 11) is 0. The summed E-state index contributed by atoms with van der Waals surface area (Å²) < 4.78 is 6.28. The van der Waals surface area contributed by atoms with Gasteiger partial charge in [-0.25, -0.2) is 9.78 Å². The van der Waals surface area contributed by atoms with E-state index in [4.69, 9.17) is 9.72 Å². The number of aromatic nitrogens is 5. The Morgan fingerprint density at radius 1 is 1.00 bits per heavy atom. The molecule has 0 unspecified atom stereocenters. The molecule has 172 valence electrons. The number of pyridine rings is 1. The number of nitrogens with one attached hydrogen (secondary N) is 1. The van der Waals surface area contributed by atoms with Crippen LogP contribution in [0.5, 0.6) is 11.5 Å². The third-order valence-electron chi connectivity index (χ3n) is 6.28. The van der Waals surface area contributed by atoms with Crippen LogP contribution >= 0.6 is 0 Å². The highest BCUT2D eigenvalue weighted by Gasteiger charge is 2.33. The van der Waals surface area contributed by atoms with Gasteiger partial charge in [-0.15, -0.1) is 10.2 Å². The molecule has 5 aromatic rings. The third kappa shape index (κ3) is 3.78. The lowest BCUT2D eigenvalue weighted by atomic mass is 9.99. The normalized spacial score (nSPS) is 13.2. The fourth-order valence-electron chi connectivity index (χ4n) is 4.46. The van der Waals surface area contributed by atoms with Gasteiger partial charge >= 0.3 is 5.97 Å². The molecule has 6 rings (SSSR count). The molecule has 0 saturated heterocycles. The van der Waals surface area contributed by atoms with E-state index >= 15 is 0 Å². The van der Waals surface area contributed by atoms with Gasteiger partial charge < -0.3 is 9.84 Å². The molecule has 3 aromatic carbocycles. The SMILES string of the molecule is Cc1cccc2nc(C3CC3)c(Oc3ccc(-c4ccccc4-c4nn[nH]n4)cc3)c(C(=O)O)c12. The van der Waals surface area contributed by atoms with E-state index in [-0.39, 0.29) is 11.5 Å². The number of hydrogen-bond donors (Lipinski definition) is 2. The number of H-pyrrole nitrogens is 1. The summed E-state index contributed by atoms with van der Waals surface area (Å²) in [6, 6.07) is 21.0. The molecule has 0 spiro atoms. The lowest BCUT2D eigenvalue weighted by molar-refractivity contribution is 0.0696. The van der Waals surface area contributed by atoms with Crippen molar-refractivity contribution in [2.24, 2.45) is 0 Å². The fraction of sp³-hybridized carbons (Fsp3) is 0.148. The smallest absolute Gasteiger partial charge is 0.340 e. The topological polar surface area (TPSA) is 114 Å². The van der Waals surface area contributed by atoms with E-state index in [1.165, 1.54) is 0 Å². The number of ether oxygens (including phenoxy) is 1. The van der Waals surface area contributed by atoms with Gasteiger partial charge in [-0.05, 0) is 59.9 Å². The predicted molar refractivity (Wildman–Crippen MR) is 131 cm³/mol. The number of tetrazole rings is 1. The Balaban J connectivity index is 1.42. The van der Waals surface area contributed by atoms with Gasteiger partial charge in [-0.2, -0.15) is 5.21 Å². The van der Waals surface area contributed by atoms with Crippen molar-refractivity contribution >= 4 is 16.9 Å². The number of aromatic carboxylic acids is 1. The van der Waals surface area contributed by atoms with Gasteiger partial charge in [0.05, 0.1) is 11.2 Å². The minimum absolute atomic E-state index is 0.168. The number of carboxylic acids is 1. The Bertz CT molecular complexity index is 1560. The van der Waals surface area contributed by atoms with Gasteiger partial charge in [0.2, 0.25) is 5.82 Å². The lowest BCUT2D eigenvalue weighted by Crippen LogP contribution is -2.07. The highest BCUT2D eigenvalue weighted by molar-refractivity contribution is 6.07. The molecular weight excluding hydrogens is 442 g/mol. The minimum atomic E-state index is -1.02. The van der Waals surface area contributed by atoms with Crippen molar-refractivity contribution in [1.29, 1.82) is 0 Å². The number of nitrogens with zero attached hydrogens (tertiary/aromatic N) is 4. The first kappa shape index (κ1) is 21.0. The highest BCUT2D eigenvalue weighted by Crippen LogP contribution is 2.47. The number of aryl methyl sites for hydroxylation is 1. The number of fused-ring (bicyclic) bond motifs is 1. The number of carboxylic acid groups (broad SMARTS) is 1. The standard InChI is InChI=1S/C27H21N5O3/c1-15-5-4-8-21-22(15)23(27(33)34)25(24(28-21)17-9-10-17)35-18-13-11-16(12-14-18)19-6-2-3-7-20(19)26-29-31-32-30-26/h2-8,11-14,17H,9-10H2,1H3,(H,33,34)(H,29,30,31,32).